The molecule has 0 aromatic carbocycles. The number of hydrogen-bond acceptors (Lipinski definition) is 3. The van der Waals surface area contributed by atoms with Crippen LogP contribution in [0.1, 0.15) is 187 Å². The van der Waals surface area contributed by atoms with Gasteiger partial charge in [0.15, 0.2) is 0 Å². The van der Waals surface area contributed by atoms with Gasteiger partial charge in [-0.25, -0.2) is 0 Å². The third kappa shape index (κ3) is 31.0. The molecule has 0 spiro atoms. The summed E-state index contributed by atoms with van der Waals surface area (Å²) in [6.07, 6.45) is 34.5. The van der Waals surface area contributed by atoms with E-state index in [9.17, 15) is 9.59 Å². The molecule has 0 aliphatic heterocycles. The van der Waals surface area contributed by atoms with Gasteiger partial charge in [-0.2, -0.15) is 0 Å². The molecule has 0 unspecified atom stereocenters. The Balaban J connectivity index is 3.15. The molecule has 0 fully saturated rings. The van der Waals surface area contributed by atoms with Crippen molar-refractivity contribution in [3.05, 3.63) is 0 Å². The van der Waals surface area contributed by atoms with Crippen molar-refractivity contribution >= 4 is 11.9 Å². The zero-order valence-electron chi connectivity index (χ0n) is 24.3. The molecule has 0 aromatic heterocycles. The van der Waals surface area contributed by atoms with E-state index in [-0.39, 0.29) is 11.9 Å². The van der Waals surface area contributed by atoms with Gasteiger partial charge in [-0.05, 0) is 19.3 Å². The fourth-order valence-corrected chi connectivity index (χ4v) is 4.89. The van der Waals surface area contributed by atoms with Crippen LogP contribution in [0.3, 0.4) is 0 Å². The lowest BCUT2D eigenvalue weighted by Crippen LogP contribution is -2.09. The Hall–Kier alpha value is -1.06. The van der Waals surface area contributed by atoms with Gasteiger partial charge in [0.05, 0.1) is 6.61 Å². The van der Waals surface area contributed by atoms with Crippen molar-refractivity contribution in [1.29, 1.82) is 0 Å². The van der Waals surface area contributed by atoms with E-state index in [1.54, 1.807) is 0 Å². The predicted molar refractivity (Wildman–Crippen MR) is 155 cm³/mol. The van der Waals surface area contributed by atoms with E-state index in [1.165, 1.54) is 141 Å². The molecule has 0 atom stereocenters. The number of nitrogens with two attached hydrogens (primary N) is 1. The summed E-state index contributed by atoms with van der Waals surface area (Å²) in [7, 11) is 0. The summed E-state index contributed by atoms with van der Waals surface area (Å²) < 4.78 is 5.41. The Labute approximate surface area is 225 Å². The topological polar surface area (TPSA) is 69.4 Å². The quantitative estimate of drug-likeness (QED) is 0.0773. The van der Waals surface area contributed by atoms with Crippen LogP contribution in [-0.4, -0.2) is 18.5 Å². The summed E-state index contributed by atoms with van der Waals surface area (Å²) in [6, 6.07) is 0. The molecule has 0 aromatic rings. The first-order chi connectivity index (χ1) is 17.7. The number of esters is 1. The van der Waals surface area contributed by atoms with Crippen molar-refractivity contribution < 1.29 is 14.3 Å². The van der Waals surface area contributed by atoms with Gasteiger partial charge in [0, 0.05) is 12.8 Å². The first-order valence-electron chi connectivity index (χ1n) is 16.1. The summed E-state index contributed by atoms with van der Waals surface area (Å²) in [4.78, 5) is 22.5. The molecule has 0 saturated heterocycles. The van der Waals surface area contributed by atoms with E-state index in [4.69, 9.17) is 10.5 Å². The molecule has 36 heavy (non-hydrogen) atoms. The van der Waals surface area contributed by atoms with Gasteiger partial charge in [-0.3, -0.25) is 9.59 Å². The van der Waals surface area contributed by atoms with E-state index in [1.807, 2.05) is 0 Å². The summed E-state index contributed by atoms with van der Waals surface area (Å²) in [5.74, 6) is -0.165. The molecular weight excluding hydrogens is 446 g/mol. The summed E-state index contributed by atoms with van der Waals surface area (Å²) >= 11 is 0. The number of hydrogen-bond donors (Lipinski definition) is 1. The number of unbranched alkanes of at least 4 members (excludes halogenated alkanes) is 24. The Morgan fingerprint density at radius 1 is 0.444 bits per heavy atom. The normalized spacial score (nSPS) is 11.1. The van der Waals surface area contributed by atoms with Crippen LogP contribution in [0, 0.1) is 0 Å². The molecule has 4 nitrogen and oxygen atoms in total. The SMILES string of the molecule is CCCCCCCCCCCCCCCC(=O)OCCCCCCCCCCCCCCCC(N)=O. The Bertz CT molecular complexity index is 466. The zero-order chi connectivity index (χ0) is 26.4. The Kier molecular flexibility index (Phi) is 29.3. The van der Waals surface area contributed by atoms with E-state index in [2.05, 4.69) is 6.92 Å². The van der Waals surface area contributed by atoms with E-state index in [0.717, 1.165) is 25.7 Å². The standard InChI is InChI=1S/C32H63NO3/c1-2-3-4-5-6-7-8-10-14-17-20-23-26-29-32(35)36-30-27-24-21-18-15-12-9-11-13-16-19-22-25-28-31(33)34/h2-30H2,1H3,(H2,33,34). The van der Waals surface area contributed by atoms with Crippen molar-refractivity contribution in [3.8, 4) is 0 Å². The van der Waals surface area contributed by atoms with E-state index >= 15 is 0 Å². The average Bonchev–Trinajstić information content (AvgIpc) is 2.86. The maximum Gasteiger partial charge on any atom is 0.305 e. The molecule has 214 valence electrons. The maximum atomic E-state index is 11.9. The van der Waals surface area contributed by atoms with Gasteiger partial charge < -0.3 is 10.5 Å². The molecule has 0 heterocycles. The lowest BCUT2D eigenvalue weighted by molar-refractivity contribution is -0.143. The van der Waals surface area contributed by atoms with Crippen LogP contribution in [0.5, 0.6) is 0 Å². The van der Waals surface area contributed by atoms with Gasteiger partial charge in [-0.15, -0.1) is 0 Å². The third-order valence-electron chi connectivity index (χ3n) is 7.32. The zero-order valence-corrected chi connectivity index (χ0v) is 24.3. The van der Waals surface area contributed by atoms with Crippen LogP contribution in [0.2, 0.25) is 0 Å². The number of amides is 1. The number of ether oxygens (including phenoxy) is 1. The highest BCUT2D eigenvalue weighted by Gasteiger charge is 2.03. The van der Waals surface area contributed by atoms with E-state index < -0.39 is 0 Å². The second-order valence-corrected chi connectivity index (χ2v) is 11.0. The predicted octanol–water partition coefficient (Wildman–Crippen LogP) is 9.96. The highest BCUT2D eigenvalue weighted by molar-refractivity contribution is 5.73. The minimum Gasteiger partial charge on any atom is -0.466 e. The smallest absolute Gasteiger partial charge is 0.305 e. The molecule has 0 radical (unpaired) electrons. The lowest BCUT2D eigenvalue weighted by Gasteiger charge is -2.06. The number of primary amides is 1. The largest absolute Gasteiger partial charge is 0.466 e. The number of rotatable bonds is 30. The van der Waals surface area contributed by atoms with Gasteiger partial charge in [0.25, 0.3) is 0 Å². The first kappa shape index (κ1) is 34.9. The van der Waals surface area contributed by atoms with Gasteiger partial charge in [-0.1, -0.05) is 155 Å². The van der Waals surface area contributed by atoms with Crippen molar-refractivity contribution in [1.82, 2.24) is 0 Å². The third-order valence-corrected chi connectivity index (χ3v) is 7.32. The summed E-state index contributed by atoms with van der Waals surface area (Å²) in [6.45, 7) is 2.88. The fraction of sp³-hybridized carbons (Fsp3) is 0.938. The van der Waals surface area contributed by atoms with Gasteiger partial charge in [0.2, 0.25) is 5.91 Å². The molecule has 4 heteroatoms. The average molecular weight is 510 g/mol. The Morgan fingerprint density at radius 3 is 1.11 bits per heavy atom. The molecular formula is C32H63NO3. The maximum absolute atomic E-state index is 11.9. The van der Waals surface area contributed by atoms with Gasteiger partial charge in [0.1, 0.15) is 0 Å². The molecule has 0 saturated carbocycles. The van der Waals surface area contributed by atoms with Gasteiger partial charge >= 0.3 is 5.97 Å². The Morgan fingerprint density at radius 2 is 0.750 bits per heavy atom. The molecule has 0 bridgehead atoms. The molecule has 0 rings (SSSR count). The summed E-state index contributed by atoms with van der Waals surface area (Å²) in [5.41, 5.74) is 5.15. The highest BCUT2D eigenvalue weighted by atomic mass is 16.5. The summed E-state index contributed by atoms with van der Waals surface area (Å²) in [5, 5.41) is 0. The van der Waals surface area contributed by atoms with Crippen molar-refractivity contribution in [3.63, 3.8) is 0 Å². The molecule has 1 amide bonds. The molecule has 2 N–H and O–H groups in total. The van der Waals surface area contributed by atoms with Crippen molar-refractivity contribution in [2.45, 2.75) is 187 Å². The minimum atomic E-state index is -0.170. The van der Waals surface area contributed by atoms with Crippen LogP contribution < -0.4 is 5.73 Å². The lowest BCUT2D eigenvalue weighted by atomic mass is 10.0. The van der Waals surface area contributed by atoms with Crippen LogP contribution in [0.15, 0.2) is 0 Å². The second kappa shape index (κ2) is 30.2. The van der Waals surface area contributed by atoms with Crippen molar-refractivity contribution in [2.24, 2.45) is 5.73 Å². The monoisotopic (exact) mass is 509 g/mol. The van der Waals surface area contributed by atoms with Crippen LogP contribution in [0.4, 0.5) is 0 Å². The van der Waals surface area contributed by atoms with Crippen LogP contribution >= 0.6 is 0 Å². The molecule has 0 aliphatic carbocycles. The number of carbonyl (C=O) groups is 2. The highest BCUT2D eigenvalue weighted by Crippen LogP contribution is 2.14. The fourth-order valence-electron chi connectivity index (χ4n) is 4.89. The second-order valence-electron chi connectivity index (χ2n) is 11.0. The first-order valence-corrected chi connectivity index (χ1v) is 16.1. The van der Waals surface area contributed by atoms with Crippen LogP contribution in [-0.2, 0) is 14.3 Å². The minimum absolute atomic E-state index is 0.00550. The van der Waals surface area contributed by atoms with Crippen molar-refractivity contribution in [2.75, 3.05) is 6.61 Å². The molecule has 0 aliphatic rings. The van der Waals surface area contributed by atoms with Crippen LogP contribution in [0.25, 0.3) is 0 Å². The number of carbonyl (C=O) groups excluding carboxylic acids is 2. The van der Waals surface area contributed by atoms with E-state index in [0.29, 0.717) is 19.4 Å².